The molecule has 0 bridgehead atoms. The number of rotatable bonds is 4. The van der Waals surface area contributed by atoms with Gasteiger partial charge in [-0.3, -0.25) is 14.4 Å². The zero-order valence-electron chi connectivity index (χ0n) is 6.07. The second-order valence-electron chi connectivity index (χ2n) is 2.08. The van der Waals surface area contributed by atoms with E-state index in [1.54, 1.807) is 0 Å². The number of halogens is 3. The normalized spacial score (nSPS) is 11.0. The largest absolute Gasteiger partial charge is 0.280 e. The Kier molecular flexibility index (Phi) is 4.17. The van der Waals surface area contributed by atoms with Gasteiger partial charge in [0.1, 0.15) is 0 Å². The molecule has 0 aliphatic heterocycles. The van der Waals surface area contributed by atoms with Crippen LogP contribution in [0.15, 0.2) is 0 Å². The Morgan fingerprint density at radius 2 is 1.25 bits per heavy atom. The lowest BCUT2D eigenvalue weighted by Crippen LogP contribution is -2.39. The summed E-state index contributed by atoms with van der Waals surface area (Å²) in [5.74, 6) is 0. The van der Waals surface area contributed by atoms with E-state index in [2.05, 4.69) is 0 Å². The van der Waals surface area contributed by atoms with Gasteiger partial charge in [-0.05, 0) is 41.2 Å². The zero-order chi connectivity index (χ0) is 9.94. The Hall–Kier alpha value is -0.120. The van der Waals surface area contributed by atoms with Crippen molar-refractivity contribution in [1.82, 2.24) is 0 Å². The molecule has 0 aliphatic carbocycles. The summed E-state index contributed by atoms with van der Waals surface area (Å²) in [6, 6.07) is 0. The molecule has 0 fully saturated rings. The minimum atomic E-state index is -2.08. The summed E-state index contributed by atoms with van der Waals surface area (Å²) in [6.07, 6.45) is -0.139. The van der Waals surface area contributed by atoms with Gasteiger partial charge in [0, 0.05) is 0 Å². The van der Waals surface area contributed by atoms with Gasteiger partial charge < -0.3 is 0 Å². The van der Waals surface area contributed by atoms with Crippen LogP contribution in [0.3, 0.4) is 0 Å². The molecule has 0 rings (SSSR count). The molecular weight excluding hydrogens is 226 g/mol. The molecule has 0 radical (unpaired) electrons. The lowest BCUT2D eigenvalue weighted by atomic mass is 9.90. The van der Waals surface area contributed by atoms with Gasteiger partial charge in [0.2, 0.25) is 15.7 Å². The maximum atomic E-state index is 10.7. The molecule has 0 amide bonds. The zero-order valence-corrected chi connectivity index (χ0v) is 8.33. The molecule has 0 atom stereocenters. The van der Waals surface area contributed by atoms with E-state index in [1.807, 2.05) is 0 Å². The van der Waals surface area contributed by atoms with E-state index in [-0.39, 0.29) is 6.42 Å². The first-order valence-electron chi connectivity index (χ1n) is 2.99. The number of hydrogen-bond acceptors (Lipinski definition) is 3. The molecule has 0 saturated carbocycles. The smallest absolute Gasteiger partial charge is 0.245 e. The van der Waals surface area contributed by atoms with Gasteiger partial charge in [-0.25, -0.2) is 0 Å². The van der Waals surface area contributed by atoms with E-state index in [0.29, 0.717) is 0 Å². The van der Waals surface area contributed by atoms with E-state index in [1.165, 1.54) is 6.92 Å². The highest BCUT2D eigenvalue weighted by Crippen LogP contribution is 2.31. The quantitative estimate of drug-likeness (QED) is 0.546. The lowest BCUT2D eigenvalue weighted by molar-refractivity contribution is -0.138. The molecule has 68 valence electrons. The highest BCUT2D eigenvalue weighted by atomic mass is 35.5. The fraction of sp³-hybridized carbons (Fsp3) is 0.500. The van der Waals surface area contributed by atoms with Crippen LogP contribution in [0.2, 0.25) is 0 Å². The Morgan fingerprint density at radius 3 is 1.25 bits per heavy atom. The third-order valence-electron chi connectivity index (χ3n) is 1.54. The standard InChI is InChI=1S/C6H5Cl3O3/c1-2-6(3(7)10,4(8)11)5(9)12/h2H2,1H3. The van der Waals surface area contributed by atoms with E-state index < -0.39 is 21.1 Å². The van der Waals surface area contributed by atoms with Crippen LogP contribution in [0, 0.1) is 5.41 Å². The van der Waals surface area contributed by atoms with Crippen LogP contribution in [-0.4, -0.2) is 15.7 Å². The van der Waals surface area contributed by atoms with Crippen molar-refractivity contribution in [2.24, 2.45) is 5.41 Å². The van der Waals surface area contributed by atoms with Gasteiger partial charge >= 0.3 is 0 Å². The molecule has 0 spiro atoms. The summed E-state index contributed by atoms with van der Waals surface area (Å²) in [7, 11) is 0. The van der Waals surface area contributed by atoms with Crippen LogP contribution in [0.5, 0.6) is 0 Å². The predicted molar refractivity (Wildman–Crippen MR) is 45.3 cm³/mol. The van der Waals surface area contributed by atoms with Crippen LogP contribution < -0.4 is 0 Å². The number of carbonyl (C=O) groups is 3. The third-order valence-corrected chi connectivity index (χ3v) is 2.50. The fourth-order valence-corrected chi connectivity index (χ4v) is 1.71. The van der Waals surface area contributed by atoms with Crippen molar-refractivity contribution < 1.29 is 14.4 Å². The van der Waals surface area contributed by atoms with Crippen LogP contribution in [0.1, 0.15) is 13.3 Å². The van der Waals surface area contributed by atoms with Crippen LogP contribution in [-0.2, 0) is 14.4 Å². The van der Waals surface area contributed by atoms with Crippen LogP contribution >= 0.6 is 34.8 Å². The first kappa shape index (κ1) is 11.9. The molecule has 0 heterocycles. The van der Waals surface area contributed by atoms with Crippen molar-refractivity contribution in [3.8, 4) is 0 Å². The van der Waals surface area contributed by atoms with Gasteiger partial charge in [0.15, 0.2) is 5.41 Å². The highest BCUT2D eigenvalue weighted by molar-refractivity contribution is 6.83. The molecule has 0 aromatic carbocycles. The molecule has 12 heavy (non-hydrogen) atoms. The van der Waals surface area contributed by atoms with Gasteiger partial charge in [0.25, 0.3) is 0 Å². The maximum Gasteiger partial charge on any atom is 0.245 e. The average molecular weight is 231 g/mol. The van der Waals surface area contributed by atoms with Crippen molar-refractivity contribution in [1.29, 1.82) is 0 Å². The highest BCUT2D eigenvalue weighted by Gasteiger charge is 2.48. The second-order valence-corrected chi connectivity index (χ2v) is 3.11. The Balaban J connectivity index is 5.19. The fourth-order valence-electron chi connectivity index (χ4n) is 0.649. The van der Waals surface area contributed by atoms with Crippen molar-refractivity contribution in [3.63, 3.8) is 0 Å². The molecule has 0 aromatic rings. The Morgan fingerprint density at radius 1 is 1.00 bits per heavy atom. The predicted octanol–water partition coefficient (Wildman–Crippen LogP) is 1.68. The van der Waals surface area contributed by atoms with E-state index in [9.17, 15) is 14.4 Å². The summed E-state index contributed by atoms with van der Waals surface area (Å²) in [6.45, 7) is 1.42. The van der Waals surface area contributed by atoms with Crippen LogP contribution in [0.25, 0.3) is 0 Å². The molecule has 0 aromatic heterocycles. The minimum absolute atomic E-state index is 0.139. The third kappa shape index (κ3) is 1.79. The van der Waals surface area contributed by atoms with E-state index in [4.69, 9.17) is 34.8 Å². The molecular formula is C6H5Cl3O3. The Labute approximate surface area is 84.0 Å². The summed E-state index contributed by atoms with van der Waals surface area (Å²) < 4.78 is 0. The van der Waals surface area contributed by atoms with E-state index >= 15 is 0 Å². The monoisotopic (exact) mass is 230 g/mol. The first-order valence-corrected chi connectivity index (χ1v) is 4.12. The Bertz CT molecular complexity index is 200. The van der Waals surface area contributed by atoms with Crippen molar-refractivity contribution >= 4 is 50.5 Å². The molecule has 0 saturated heterocycles. The van der Waals surface area contributed by atoms with Gasteiger partial charge in [-0.15, -0.1) is 0 Å². The SMILES string of the molecule is CCC(C(=O)Cl)(C(=O)Cl)C(=O)Cl. The van der Waals surface area contributed by atoms with Crippen molar-refractivity contribution in [2.45, 2.75) is 13.3 Å². The van der Waals surface area contributed by atoms with Crippen LogP contribution in [0.4, 0.5) is 0 Å². The molecule has 0 unspecified atom stereocenters. The first-order chi connectivity index (χ1) is 5.39. The second kappa shape index (κ2) is 4.21. The minimum Gasteiger partial charge on any atom is -0.280 e. The number of hydrogen-bond donors (Lipinski definition) is 0. The van der Waals surface area contributed by atoms with Gasteiger partial charge in [0.05, 0.1) is 0 Å². The summed E-state index contributed by atoms with van der Waals surface area (Å²) in [4.78, 5) is 32.2. The van der Waals surface area contributed by atoms with E-state index in [0.717, 1.165) is 0 Å². The van der Waals surface area contributed by atoms with Gasteiger partial charge in [-0.1, -0.05) is 6.92 Å². The summed E-state index contributed by atoms with van der Waals surface area (Å²) in [5, 5.41) is -3.44. The van der Waals surface area contributed by atoms with Crippen molar-refractivity contribution in [2.75, 3.05) is 0 Å². The molecule has 0 aliphatic rings. The summed E-state index contributed by atoms with van der Waals surface area (Å²) in [5.41, 5.74) is -2.08. The topological polar surface area (TPSA) is 51.2 Å². The summed E-state index contributed by atoms with van der Waals surface area (Å²) >= 11 is 15.1. The van der Waals surface area contributed by atoms with Gasteiger partial charge in [-0.2, -0.15) is 0 Å². The average Bonchev–Trinajstić information content (AvgIpc) is 1.86. The maximum absolute atomic E-state index is 10.7. The molecule has 3 nitrogen and oxygen atoms in total. The van der Waals surface area contributed by atoms with Crippen molar-refractivity contribution in [3.05, 3.63) is 0 Å². The number of carbonyl (C=O) groups excluding carboxylic acids is 3. The molecule has 0 N–H and O–H groups in total. The molecule has 6 heteroatoms. The lowest BCUT2D eigenvalue weighted by Gasteiger charge is -2.18.